The van der Waals surface area contributed by atoms with Gasteiger partial charge < -0.3 is 14.6 Å². The van der Waals surface area contributed by atoms with E-state index in [1.807, 2.05) is 24.3 Å². The zero-order chi connectivity index (χ0) is 21.4. The molecule has 0 aliphatic heterocycles. The summed E-state index contributed by atoms with van der Waals surface area (Å²) < 4.78 is 10.6. The lowest BCUT2D eigenvalue weighted by Crippen LogP contribution is -2.29. The van der Waals surface area contributed by atoms with Crippen LogP contribution in [0.15, 0.2) is 42.5 Å². The monoisotopic (exact) mass is 439 g/mol. The summed E-state index contributed by atoms with van der Waals surface area (Å²) in [6.45, 7) is 3.79. The van der Waals surface area contributed by atoms with E-state index in [0.717, 1.165) is 11.1 Å². The molecule has 1 amide bonds. The molecule has 2 aromatic carbocycles. The highest BCUT2D eigenvalue weighted by molar-refractivity contribution is 6.36. The molecule has 0 heterocycles. The van der Waals surface area contributed by atoms with Gasteiger partial charge in [-0.3, -0.25) is 5.32 Å². The summed E-state index contributed by atoms with van der Waals surface area (Å²) in [5.41, 5.74) is 2.24. The summed E-state index contributed by atoms with van der Waals surface area (Å²) in [5, 5.41) is 12.6. The normalized spacial score (nSPS) is 11.9. The van der Waals surface area contributed by atoms with Crippen LogP contribution in [0.3, 0.4) is 0 Å². The Hall–Kier alpha value is -2.28. The predicted octanol–water partition coefficient (Wildman–Crippen LogP) is 5.21. The number of carbonyl (C=O) groups is 2. The Labute approximate surface area is 179 Å². The van der Waals surface area contributed by atoms with Gasteiger partial charge in [-0.25, -0.2) is 9.59 Å². The maximum absolute atomic E-state index is 11.9. The molecule has 8 heteroatoms. The van der Waals surface area contributed by atoms with E-state index in [9.17, 15) is 14.7 Å². The van der Waals surface area contributed by atoms with E-state index in [-0.39, 0.29) is 19.1 Å². The van der Waals surface area contributed by atoms with Crippen molar-refractivity contribution in [3.63, 3.8) is 0 Å². The number of carboxylic acids is 1. The van der Waals surface area contributed by atoms with Gasteiger partial charge in [0.25, 0.3) is 0 Å². The lowest BCUT2D eigenvalue weighted by atomic mass is 10.0. The molecular formula is C21H23Cl2NO5. The smallest absolute Gasteiger partial charge is 0.411 e. The second-order valence-electron chi connectivity index (χ2n) is 6.67. The number of rotatable bonds is 9. The summed E-state index contributed by atoms with van der Waals surface area (Å²) in [7, 11) is 0. The first-order valence-corrected chi connectivity index (χ1v) is 9.85. The second-order valence-corrected chi connectivity index (χ2v) is 7.51. The minimum Gasteiger partial charge on any atom is -0.479 e. The second kappa shape index (κ2) is 11.0. The molecule has 0 bridgehead atoms. The number of benzene rings is 2. The van der Waals surface area contributed by atoms with Crippen molar-refractivity contribution in [1.82, 2.24) is 0 Å². The molecule has 2 N–H and O–H groups in total. The number of aliphatic carboxylic acids is 1. The van der Waals surface area contributed by atoms with E-state index < -0.39 is 18.2 Å². The summed E-state index contributed by atoms with van der Waals surface area (Å²) in [6.07, 6.45) is -0.850. The number of carbonyl (C=O) groups excluding carboxylic acids is 1. The van der Waals surface area contributed by atoms with E-state index in [1.165, 1.54) is 6.07 Å². The average molecular weight is 440 g/mol. The fourth-order valence-corrected chi connectivity index (χ4v) is 3.03. The lowest BCUT2D eigenvalue weighted by molar-refractivity contribution is -0.153. The maximum Gasteiger partial charge on any atom is 0.411 e. The molecule has 0 aliphatic rings. The van der Waals surface area contributed by atoms with Gasteiger partial charge in [-0.05, 0) is 43.2 Å². The van der Waals surface area contributed by atoms with Gasteiger partial charge in [-0.15, -0.1) is 0 Å². The molecule has 0 saturated carbocycles. The van der Waals surface area contributed by atoms with Crippen molar-refractivity contribution in [1.29, 1.82) is 0 Å². The van der Waals surface area contributed by atoms with E-state index in [1.54, 1.807) is 26.0 Å². The lowest BCUT2D eigenvalue weighted by Gasteiger charge is -2.16. The van der Waals surface area contributed by atoms with Crippen LogP contribution in [-0.2, 0) is 27.1 Å². The topological polar surface area (TPSA) is 84.9 Å². The Morgan fingerprint density at radius 2 is 1.72 bits per heavy atom. The fraction of sp³-hybridized carbons (Fsp3) is 0.333. The highest BCUT2D eigenvalue weighted by Crippen LogP contribution is 2.25. The van der Waals surface area contributed by atoms with Crippen molar-refractivity contribution in [2.24, 2.45) is 0 Å². The number of hydrogen-bond acceptors (Lipinski definition) is 4. The molecule has 1 atom stereocenters. The van der Waals surface area contributed by atoms with E-state index in [2.05, 4.69) is 5.32 Å². The molecule has 6 nitrogen and oxygen atoms in total. The molecule has 0 aliphatic carbocycles. The zero-order valence-corrected chi connectivity index (χ0v) is 17.7. The van der Waals surface area contributed by atoms with Crippen LogP contribution in [0.2, 0.25) is 10.0 Å². The minimum atomic E-state index is -0.983. The number of amides is 1. The van der Waals surface area contributed by atoms with E-state index in [0.29, 0.717) is 22.2 Å². The summed E-state index contributed by atoms with van der Waals surface area (Å²) in [6, 6.07) is 12.2. The van der Waals surface area contributed by atoms with Gasteiger partial charge >= 0.3 is 12.1 Å². The predicted molar refractivity (Wildman–Crippen MR) is 113 cm³/mol. The maximum atomic E-state index is 11.9. The number of anilines is 1. The van der Waals surface area contributed by atoms with Gasteiger partial charge in [0, 0.05) is 17.9 Å². The van der Waals surface area contributed by atoms with Crippen LogP contribution in [0.5, 0.6) is 0 Å². The number of nitrogens with one attached hydrogen (secondary N) is 1. The molecular weight excluding hydrogens is 417 g/mol. The number of halogens is 2. The molecule has 1 unspecified atom stereocenters. The van der Waals surface area contributed by atoms with Crippen molar-refractivity contribution < 1.29 is 24.2 Å². The number of hydrogen-bond donors (Lipinski definition) is 2. The van der Waals surface area contributed by atoms with Crippen LogP contribution in [0.4, 0.5) is 10.5 Å². The molecule has 0 fully saturated rings. The molecule has 0 saturated heterocycles. The number of carboxylic acid groups (broad SMARTS) is 1. The van der Waals surface area contributed by atoms with Crippen molar-refractivity contribution in [2.75, 3.05) is 11.9 Å². The van der Waals surface area contributed by atoms with Crippen LogP contribution in [0, 0.1) is 0 Å². The van der Waals surface area contributed by atoms with Crippen molar-refractivity contribution >= 4 is 41.0 Å². The molecule has 156 valence electrons. The molecule has 2 aromatic rings. The highest BCUT2D eigenvalue weighted by Gasteiger charge is 2.20. The van der Waals surface area contributed by atoms with Gasteiger partial charge in [0.05, 0.1) is 23.4 Å². The van der Waals surface area contributed by atoms with Crippen molar-refractivity contribution in [3.05, 3.63) is 63.6 Å². The fourth-order valence-electron chi connectivity index (χ4n) is 2.58. The Morgan fingerprint density at radius 3 is 2.31 bits per heavy atom. The van der Waals surface area contributed by atoms with E-state index >= 15 is 0 Å². The van der Waals surface area contributed by atoms with Crippen LogP contribution in [-0.4, -0.2) is 36.0 Å². The summed E-state index contributed by atoms with van der Waals surface area (Å²) in [5.74, 6) is -0.983. The summed E-state index contributed by atoms with van der Waals surface area (Å²) in [4.78, 5) is 23.2. The first-order chi connectivity index (χ1) is 13.7. The van der Waals surface area contributed by atoms with Crippen LogP contribution < -0.4 is 5.32 Å². The third-order valence-corrected chi connectivity index (χ3v) is 4.50. The highest BCUT2D eigenvalue weighted by atomic mass is 35.5. The van der Waals surface area contributed by atoms with Crippen molar-refractivity contribution in [2.45, 2.75) is 38.9 Å². The van der Waals surface area contributed by atoms with Gasteiger partial charge in [0.2, 0.25) is 0 Å². The van der Waals surface area contributed by atoms with Gasteiger partial charge in [-0.2, -0.15) is 0 Å². The molecule has 29 heavy (non-hydrogen) atoms. The molecule has 0 radical (unpaired) electrons. The Balaban J connectivity index is 1.80. The standard InChI is InChI=1S/C21H23Cl2NO5/c1-13(2)29-19(20(25)26)11-15-5-3-14(4-6-15)9-10-28-21(27)24-18-8-7-16(22)12-17(18)23/h3-8,12-13,19H,9-11H2,1-2H3,(H,24,27)(H,25,26). The van der Waals surface area contributed by atoms with E-state index in [4.69, 9.17) is 32.7 Å². The van der Waals surface area contributed by atoms with Gasteiger partial charge in [-0.1, -0.05) is 47.5 Å². The number of ether oxygens (including phenoxy) is 2. The average Bonchev–Trinajstić information content (AvgIpc) is 2.64. The van der Waals surface area contributed by atoms with Crippen LogP contribution in [0.1, 0.15) is 25.0 Å². The first-order valence-electron chi connectivity index (χ1n) is 9.09. The van der Waals surface area contributed by atoms with Gasteiger partial charge in [0.15, 0.2) is 6.10 Å². The summed E-state index contributed by atoms with van der Waals surface area (Å²) >= 11 is 11.8. The third kappa shape index (κ3) is 7.93. The van der Waals surface area contributed by atoms with Crippen molar-refractivity contribution in [3.8, 4) is 0 Å². The Morgan fingerprint density at radius 1 is 1.07 bits per heavy atom. The molecule has 0 aromatic heterocycles. The zero-order valence-electron chi connectivity index (χ0n) is 16.2. The van der Waals surface area contributed by atoms with Crippen LogP contribution in [0.25, 0.3) is 0 Å². The first kappa shape index (κ1) is 23.0. The Bertz CT molecular complexity index is 839. The third-order valence-electron chi connectivity index (χ3n) is 3.95. The minimum absolute atomic E-state index is 0.165. The largest absolute Gasteiger partial charge is 0.479 e. The van der Waals surface area contributed by atoms with Crippen LogP contribution >= 0.6 is 23.2 Å². The molecule has 0 spiro atoms. The quantitative estimate of drug-likeness (QED) is 0.560. The SMILES string of the molecule is CC(C)OC(Cc1ccc(CCOC(=O)Nc2ccc(Cl)cc2Cl)cc1)C(=O)O. The molecule has 2 rings (SSSR count). The van der Waals surface area contributed by atoms with Gasteiger partial charge in [0.1, 0.15) is 0 Å². The Kier molecular flexibility index (Phi) is 8.76.